The van der Waals surface area contributed by atoms with Gasteiger partial charge in [0.25, 0.3) is 5.89 Å². The third-order valence-corrected chi connectivity index (χ3v) is 4.52. The van der Waals surface area contributed by atoms with Crippen LogP contribution in [0.1, 0.15) is 29.7 Å². The molecule has 0 radical (unpaired) electrons. The molecular formula is C19H22F3N3O5. The van der Waals surface area contributed by atoms with Crippen LogP contribution in [0.5, 0.6) is 11.5 Å². The average molecular weight is 429 g/mol. The van der Waals surface area contributed by atoms with E-state index in [-0.39, 0.29) is 30.4 Å². The zero-order valence-corrected chi connectivity index (χ0v) is 16.6. The fourth-order valence-corrected chi connectivity index (χ4v) is 3.10. The maximum absolute atomic E-state index is 12.8. The Balaban J connectivity index is 1.63. The van der Waals surface area contributed by atoms with Crippen LogP contribution in [-0.4, -0.2) is 60.6 Å². The van der Waals surface area contributed by atoms with Gasteiger partial charge in [0.2, 0.25) is 5.91 Å². The second kappa shape index (κ2) is 9.33. The first kappa shape index (κ1) is 21.9. The summed E-state index contributed by atoms with van der Waals surface area (Å²) in [4.78, 5) is 18.6. The molecule has 11 heteroatoms. The first-order chi connectivity index (χ1) is 14.3. The Labute approximate surface area is 170 Å². The van der Waals surface area contributed by atoms with E-state index < -0.39 is 18.8 Å². The van der Waals surface area contributed by atoms with Gasteiger partial charge in [-0.1, -0.05) is 11.2 Å². The zero-order chi connectivity index (χ0) is 21.7. The lowest BCUT2D eigenvalue weighted by atomic mass is 10.1. The predicted molar refractivity (Wildman–Crippen MR) is 97.2 cm³/mol. The highest BCUT2D eigenvalue weighted by Crippen LogP contribution is 2.30. The molecule has 8 nitrogen and oxygen atoms in total. The number of ether oxygens (including phenoxy) is 3. The van der Waals surface area contributed by atoms with E-state index in [0.29, 0.717) is 31.3 Å². The smallest absolute Gasteiger partial charge is 0.422 e. The van der Waals surface area contributed by atoms with E-state index in [9.17, 15) is 18.0 Å². The van der Waals surface area contributed by atoms with E-state index in [1.54, 1.807) is 24.0 Å². The highest BCUT2D eigenvalue weighted by atomic mass is 19.4. The monoisotopic (exact) mass is 429 g/mol. The Morgan fingerprint density at radius 3 is 2.80 bits per heavy atom. The summed E-state index contributed by atoms with van der Waals surface area (Å²) in [6.07, 6.45) is -3.88. The summed E-state index contributed by atoms with van der Waals surface area (Å²) in [5.74, 6) is 0.853. The van der Waals surface area contributed by atoms with Crippen molar-refractivity contribution in [1.29, 1.82) is 0 Å². The fourth-order valence-electron chi connectivity index (χ4n) is 3.10. The zero-order valence-electron chi connectivity index (χ0n) is 16.6. The quantitative estimate of drug-likeness (QED) is 0.669. The normalized spacial score (nSPS) is 17.1. The van der Waals surface area contributed by atoms with Crippen LogP contribution in [0.3, 0.4) is 0 Å². The number of benzene rings is 1. The number of aryl methyl sites for hydroxylation is 2. The molecule has 0 spiro atoms. The van der Waals surface area contributed by atoms with Crippen molar-refractivity contribution in [2.75, 3.05) is 33.5 Å². The summed E-state index contributed by atoms with van der Waals surface area (Å²) in [6.45, 7) is 1.37. The second-order valence-electron chi connectivity index (χ2n) is 6.75. The van der Waals surface area contributed by atoms with E-state index in [1.165, 1.54) is 13.2 Å². The number of methoxy groups -OCH3 is 1. The van der Waals surface area contributed by atoms with E-state index in [4.69, 9.17) is 18.7 Å². The molecule has 0 bridgehead atoms. The van der Waals surface area contributed by atoms with Crippen LogP contribution in [0.15, 0.2) is 22.7 Å². The largest absolute Gasteiger partial charge is 0.493 e. The number of alkyl halides is 3. The number of hydrogen-bond acceptors (Lipinski definition) is 7. The number of rotatable bonds is 7. The standard InChI is InChI=1S/C19H22F3N3O5/c1-12-23-18(30-24-12)14-10-28-8-7-25(14)17(26)6-4-13-3-5-15(16(9-13)27-2)29-11-19(20,21)22/h3,5,9,14H,4,6-8,10-11H2,1-2H3/t14-/m0/s1. The maximum atomic E-state index is 12.8. The van der Waals surface area contributed by atoms with Gasteiger partial charge in [0.1, 0.15) is 6.04 Å². The van der Waals surface area contributed by atoms with Crippen LogP contribution in [-0.2, 0) is 16.0 Å². The van der Waals surface area contributed by atoms with Crippen LogP contribution in [0.4, 0.5) is 13.2 Å². The molecular weight excluding hydrogens is 407 g/mol. The van der Waals surface area contributed by atoms with E-state index in [2.05, 4.69) is 10.1 Å². The second-order valence-corrected chi connectivity index (χ2v) is 6.75. The minimum atomic E-state index is -4.44. The lowest BCUT2D eigenvalue weighted by Gasteiger charge is -2.33. The first-order valence-electron chi connectivity index (χ1n) is 9.30. The molecule has 1 fully saturated rings. The highest BCUT2D eigenvalue weighted by Gasteiger charge is 2.32. The third-order valence-electron chi connectivity index (χ3n) is 4.52. The molecule has 3 rings (SSSR count). The fraction of sp³-hybridized carbons (Fsp3) is 0.526. The van der Waals surface area contributed by atoms with Gasteiger partial charge in [-0.15, -0.1) is 0 Å². The van der Waals surface area contributed by atoms with Gasteiger partial charge in [-0.2, -0.15) is 18.2 Å². The minimum Gasteiger partial charge on any atom is -0.493 e. The molecule has 30 heavy (non-hydrogen) atoms. The molecule has 2 aromatic rings. The van der Waals surface area contributed by atoms with Crippen molar-refractivity contribution in [3.8, 4) is 11.5 Å². The summed E-state index contributed by atoms with van der Waals surface area (Å²) in [5.41, 5.74) is 0.734. The molecule has 1 aromatic heterocycles. The maximum Gasteiger partial charge on any atom is 0.422 e. The van der Waals surface area contributed by atoms with Crippen LogP contribution >= 0.6 is 0 Å². The van der Waals surface area contributed by atoms with E-state index in [1.807, 2.05) is 0 Å². The highest BCUT2D eigenvalue weighted by molar-refractivity contribution is 5.77. The molecule has 1 atom stereocenters. The lowest BCUT2D eigenvalue weighted by Crippen LogP contribution is -2.43. The Kier molecular flexibility index (Phi) is 6.80. The van der Waals surface area contributed by atoms with Gasteiger partial charge in [-0.25, -0.2) is 0 Å². The van der Waals surface area contributed by atoms with Crippen molar-refractivity contribution in [2.24, 2.45) is 0 Å². The van der Waals surface area contributed by atoms with Crippen molar-refractivity contribution >= 4 is 5.91 Å². The van der Waals surface area contributed by atoms with E-state index >= 15 is 0 Å². The molecule has 0 unspecified atom stereocenters. The topological polar surface area (TPSA) is 86.9 Å². The summed E-state index contributed by atoms with van der Waals surface area (Å²) in [7, 11) is 1.34. The number of hydrogen-bond donors (Lipinski definition) is 0. The predicted octanol–water partition coefficient (Wildman–Crippen LogP) is 2.86. The average Bonchev–Trinajstić information content (AvgIpc) is 3.16. The SMILES string of the molecule is COc1cc(CCC(=O)N2CCOC[C@H]2c2nc(C)no2)ccc1OCC(F)(F)F. The Bertz CT molecular complexity index is 871. The summed E-state index contributed by atoms with van der Waals surface area (Å²) in [6, 6.07) is 4.14. The number of amides is 1. The number of carbonyl (C=O) groups excluding carboxylic acids is 1. The Hall–Kier alpha value is -2.82. The van der Waals surface area contributed by atoms with E-state index in [0.717, 1.165) is 5.56 Å². The molecule has 1 aliphatic heterocycles. The van der Waals surface area contributed by atoms with Crippen LogP contribution in [0.25, 0.3) is 0 Å². The molecule has 0 saturated carbocycles. The molecule has 0 N–H and O–H groups in total. The molecule has 1 aromatic carbocycles. The van der Waals surface area contributed by atoms with Crippen LogP contribution in [0.2, 0.25) is 0 Å². The number of carbonyl (C=O) groups is 1. The summed E-state index contributed by atoms with van der Waals surface area (Å²) < 4.78 is 57.6. The molecule has 0 aliphatic carbocycles. The third kappa shape index (κ3) is 5.62. The molecule has 1 saturated heterocycles. The van der Waals surface area contributed by atoms with Crippen molar-refractivity contribution in [3.05, 3.63) is 35.5 Å². The van der Waals surface area contributed by atoms with Gasteiger partial charge in [0, 0.05) is 13.0 Å². The van der Waals surface area contributed by atoms with Crippen molar-refractivity contribution in [1.82, 2.24) is 15.0 Å². The van der Waals surface area contributed by atoms with Gasteiger partial charge in [0.05, 0.1) is 20.3 Å². The van der Waals surface area contributed by atoms with Gasteiger partial charge in [-0.05, 0) is 31.0 Å². The van der Waals surface area contributed by atoms with Gasteiger partial charge >= 0.3 is 6.18 Å². The lowest BCUT2D eigenvalue weighted by molar-refractivity contribution is -0.153. The van der Waals surface area contributed by atoms with Crippen molar-refractivity contribution in [2.45, 2.75) is 32.0 Å². The molecule has 1 amide bonds. The number of aromatic nitrogens is 2. The number of halogens is 3. The number of nitrogens with zero attached hydrogens (tertiary/aromatic N) is 3. The first-order valence-corrected chi connectivity index (χ1v) is 9.30. The van der Waals surface area contributed by atoms with Gasteiger partial charge in [-0.3, -0.25) is 4.79 Å². The van der Waals surface area contributed by atoms with Gasteiger partial charge in [0.15, 0.2) is 23.9 Å². The Morgan fingerprint density at radius 2 is 2.13 bits per heavy atom. The Morgan fingerprint density at radius 1 is 1.33 bits per heavy atom. The van der Waals surface area contributed by atoms with Crippen molar-refractivity contribution < 1.29 is 36.7 Å². The van der Waals surface area contributed by atoms with Gasteiger partial charge < -0.3 is 23.6 Å². The molecule has 1 aliphatic rings. The number of morpholine rings is 1. The van der Waals surface area contributed by atoms with Crippen LogP contribution in [0, 0.1) is 6.92 Å². The summed E-state index contributed by atoms with van der Waals surface area (Å²) >= 11 is 0. The summed E-state index contributed by atoms with van der Waals surface area (Å²) in [5, 5.41) is 3.76. The minimum absolute atomic E-state index is 0.00934. The molecule has 164 valence electrons. The molecule has 2 heterocycles. The van der Waals surface area contributed by atoms with Crippen LogP contribution < -0.4 is 9.47 Å². The van der Waals surface area contributed by atoms with Crippen molar-refractivity contribution in [3.63, 3.8) is 0 Å².